The van der Waals surface area contributed by atoms with E-state index < -0.39 is 0 Å². The van der Waals surface area contributed by atoms with E-state index in [1.54, 1.807) is 32.0 Å². The van der Waals surface area contributed by atoms with Crippen molar-refractivity contribution in [2.75, 3.05) is 7.11 Å². The maximum Gasteiger partial charge on any atom is 0.342 e. The highest BCUT2D eigenvalue weighted by molar-refractivity contribution is 6.17. The van der Waals surface area contributed by atoms with Crippen LogP contribution in [-0.4, -0.2) is 19.2 Å². The number of methoxy groups -OCH3 is 1. The Labute approximate surface area is 100 Å². The van der Waals surface area contributed by atoms with E-state index >= 15 is 0 Å². The third-order valence-electron chi connectivity index (χ3n) is 1.98. The van der Waals surface area contributed by atoms with Gasteiger partial charge in [-0.3, -0.25) is 0 Å². The number of benzene rings is 1. The average molecular weight is 243 g/mol. The lowest BCUT2D eigenvalue weighted by molar-refractivity contribution is 0.0374. The van der Waals surface area contributed by atoms with Crippen molar-refractivity contribution in [1.29, 1.82) is 0 Å². The highest BCUT2D eigenvalue weighted by atomic mass is 35.5. The van der Waals surface area contributed by atoms with Crippen LogP contribution in [0.15, 0.2) is 18.2 Å². The van der Waals surface area contributed by atoms with Crippen LogP contribution in [0, 0.1) is 0 Å². The number of alkyl halides is 1. The van der Waals surface area contributed by atoms with Gasteiger partial charge in [0.15, 0.2) is 0 Å². The Hall–Kier alpha value is -1.22. The number of rotatable bonds is 4. The fraction of sp³-hybridized carbons (Fsp3) is 0.417. The van der Waals surface area contributed by atoms with Crippen molar-refractivity contribution >= 4 is 17.6 Å². The number of ether oxygens (including phenoxy) is 2. The molecule has 0 atom stereocenters. The van der Waals surface area contributed by atoms with Crippen LogP contribution in [0.25, 0.3) is 0 Å². The van der Waals surface area contributed by atoms with Crippen molar-refractivity contribution in [3.05, 3.63) is 29.3 Å². The van der Waals surface area contributed by atoms with Crippen LogP contribution in [0.2, 0.25) is 0 Å². The first kappa shape index (κ1) is 12.8. The van der Waals surface area contributed by atoms with Gasteiger partial charge in [-0.25, -0.2) is 4.79 Å². The predicted octanol–water partition coefficient (Wildman–Crippen LogP) is 3.00. The van der Waals surface area contributed by atoms with Gasteiger partial charge in [0.25, 0.3) is 0 Å². The Morgan fingerprint density at radius 3 is 2.62 bits per heavy atom. The molecule has 1 aromatic rings. The summed E-state index contributed by atoms with van der Waals surface area (Å²) in [7, 11) is 1.51. The molecule has 0 aliphatic rings. The van der Waals surface area contributed by atoms with Gasteiger partial charge < -0.3 is 9.47 Å². The normalized spacial score (nSPS) is 10.3. The first-order chi connectivity index (χ1) is 7.58. The lowest BCUT2D eigenvalue weighted by Gasteiger charge is -2.11. The minimum absolute atomic E-state index is 0.148. The zero-order chi connectivity index (χ0) is 12.1. The van der Waals surface area contributed by atoms with E-state index in [-0.39, 0.29) is 12.1 Å². The summed E-state index contributed by atoms with van der Waals surface area (Å²) in [5.41, 5.74) is 1.32. The van der Waals surface area contributed by atoms with Crippen LogP contribution in [0.5, 0.6) is 5.75 Å². The van der Waals surface area contributed by atoms with E-state index in [1.807, 2.05) is 0 Å². The van der Waals surface area contributed by atoms with Gasteiger partial charge >= 0.3 is 5.97 Å². The van der Waals surface area contributed by atoms with Gasteiger partial charge in [-0.15, -0.1) is 11.6 Å². The number of esters is 1. The van der Waals surface area contributed by atoms with Gasteiger partial charge in [-0.2, -0.15) is 0 Å². The van der Waals surface area contributed by atoms with E-state index in [2.05, 4.69) is 0 Å². The lowest BCUT2D eigenvalue weighted by Crippen LogP contribution is -2.12. The first-order valence-corrected chi connectivity index (χ1v) is 5.55. The number of carbonyl (C=O) groups is 1. The van der Waals surface area contributed by atoms with Gasteiger partial charge in [-0.05, 0) is 31.5 Å². The van der Waals surface area contributed by atoms with E-state index in [4.69, 9.17) is 21.1 Å². The highest BCUT2D eigenvalue weighted by Crippen LogP contribution is 2.22. The Morgan fingerprint density at radius 1 is 1.44 bits per heavy atom. The zero-order valence-corrected chi connectivity index (χ0v) is 10.4. The lowest BCUT2D eigenvalue weighted by atomic mass is 10.1. The smallest absolute Gasteiger partial charge is 0.342 e. The maximum absolute atomic E-state index is 11.7. The minimum atomic E-state index is -0.382. The molecule has 0 N–H and O–H groups in total. The summed E-state index contributed by atoms with van der Waals surface area (Å²) in [5, 5.41) is 0. The molecule has 3 nitrogen and oxygen atoms in total. The Balaban J connectivity index is 2.99. The fourth-order valence-corrected chi connectivity index (χ4v) is 1.43. The zero-order valence-electron chi connectivity index (χ0n) is 9.62. The van der Waals surface area contributed by atoms with E-state index in [0.717, 1.165) is 5.56 Å². The van der Waals surface area contributed by atoms with Crippen molar-refractivity contribution in [2.45, 2.75) is 25.8 Å². The minimum Gasteiger partial charge on any atom is -0.496 e. The second-order valence-corrected chi connectivity index (χ2v) is 3.89. The third-order valence-corrected chi connectivity index (χ3v) is 2.29. The molecular weight excluding hydrogens is 228 g/mol. The molecule has 0 aliphatic carbocycles. The molecule has 0 heterocycles. The van der Waals surface area contributed by atoms with E-state index in [9.17, 15) is 4.79 Å². The Morgan fingerprint density at radius 2 is 2.12 bits per heavy atom. The van der Waals surface area contributed by atoms with Crippen LogP contribution in [0.3, 0.4) is 0 Å². The molecule has 0 aromatic heterocycles. The molecule has 0 bridgehead atoms. The van der Waals surface area contributed by atoms with E-state index in [1.165, 1.54) is 7.11 Å². The largest absolute Gasteiger partial charge is 0.496 e. The standard InChI is InChI=1S/C12H15ClO3/c1-8(2)16-12(14)10-5-4-9(7-13)6-11(10)15-3/h4-6,8H,7H2,1-3H3. The van der Waals surface area contributed by atoms with Crippen molar-refractivity contribution < 1.29 is 14.3 Å². The van der Waals surface area contributed by atoms with Crippen molar-refractivity contribution in [3.63, 3.8) is 0 Å². The Bertz CT molecular complexity index is 375. The summed E-state index contributed by atoms with van der Waals surface area (Å²) < 4.78 is 10.2. The number of halogens is 1. The first-order valence-electron chi connectivity index (χ1n) is 5.02. The van der Waals surface area contributed by atoms with Gasteiger partial charge in [0.2, 0.25) is 0 Å². The van der Waals surface area contributed by atoms with Gasteiger partial charge in [0.05, 0.1) is 13.2 Å². The van der Waals surface area contributed by atoms with Crippen LogP contribution in [0.4, 0.5) is 0 Å². The number of hydrogen-bond donors (Lipinski definition) is 0. The summed E-state index contributed by atoms with van der Waals surface area (Å²) >= 11 is 5.70. The quantitative estimate of drug-likeness (QED) is 0.602. The van der Waals surface area contributed by atoms with Crippen LogP contribution >= 0.6 is 11.6 Å². The molecule has 16 heavy (non-hydrogen) atoms. The maximum atomic E-state index is 11.7. The average Bonchev–Trinajstić information content (AvgIpc) is 2.27. The van der Waals surface area contributed by atoms with Gasteiger partial charge in [-0.1, -0.05) is 6.07 Å². The molecular formula is C12H15ClO3. The molecule has 0 spiro atoms. The van der Waals surface area contributed by atoms with Crippen LogP contribution in [-0.2, 0) is 10.6 Å². The van der Waals surface area contributed by atoms with Crippen molar-refractivity contribution in [1.82, 2.24) is 0 Å². The molecule has 1 rings (SSSR count). The summed E-state index contributed by atoms with van der Waals surface area (Å²) in [4.78, 5) is 11.7. The SMILES string of the molecule is COc1cc(CCl)ccc1C(=O)OC(C)C. The summed E-state index contributed by atoms with van der Waals surface area (Å²) in [6, 6.07) is 5.19. The monoisotopic (exact) mass is 242 g/mol. The number of carbonyl (C=O) groups excluding carboxylic acids is 1. The van der Waals surface area contributed by atoms with Crippen LogP contribution < -0.4 is 4.74 Å². The molecule has 0 fully saturated rings. The summed E-state index contributed by atoms with van der Waals surface area (Å²) in [6.45, 7) is 3.61. The van der Waals surface area contributed by atoms with Crippen molar-refractivity contribution in [2.24, 2.45) is 0 Å². The highest BCUT2D eigenvalue weighted by Gasteiger charge is 2.15. The van der Waals surface area contributed by atoms with Crippen LogP contribution in [0.1, 0.15) is 29.8 Å². The summed E-state index contributed by atoms with van der Waals surface area (Å²) in [6.07, 6.45) is -0.148. The molecule has 88 valence electrons. The molecule has 0 saturated heterocycles. The summed E-state index contributed by atoms with van der Waals surface area (Å²) in [5.74, 6) is 0.493. The topological polar surface area (TPSA) is 35.5 Å². The second-order valence-electron chi connectivity index (χ2n) is 3.62. The molecule has 0 radical (unpaired) electrons. The fourth-order valence-electron chi connectivity index (χ4n) is 1.26. The number of hydrogen-bond acceptors (Lipinski definition) is 3. The van der Waals surface area contributed by atoms with Gasteiger partial charge in [0, 0.05) is 5.88 Å². The van der Waals surface area contributed by atoms with Gasteiger partial charge in [0.1, 0.15) is 11.3 Å². The van der Waals surface area contributed by atoms with Crippen molar-refractivity contribution in [3.8, 4) is 5.75 Å². The predicted molar refractivity (Wildman–Crippen MR) is 63.1 cm³/mol. The molecule has 4 heteroatoms. The molecule has 1 aromatic carbocycles. The molecule has 0 saturated carbocycles. The van der Waals surface area contributed by atoms with E-state index in [0.29, 0.717) is 17.2 Å². The second kappa shape index (κ2) is 5.75. The third kappa shape index (κ3) is 3.14. The molecule has 0 unspecified atom stereocenters. The molecule has 0 amide bonds. The molecule has 0 aliphatic heterocycles. The Kier molecular flexibility index (Phi) is 4.62.